The molecule has 0 amide bonds. The fraction of sp³-hybridized carbons (Fsp3) is 0.615. The molecule has 0 fully saturated rings. The van der Waals surface area contributed by atoms with Gasteiger partial charge < -0.3 is 9.04 Å². The van der Waals surface area contributed by atoms with Crippen molar-refractivity contribution in [2.24, 2.45) is 0 Å². The molecular weight excluding hydrogens is 390 g/mol. The summed E-state index contributed by atoms with van der Waals surface area (Å²) in [5, 5.41) is 1.72. The summed E-state index contributed by atoms with van der Waals surface area (Å²) in [6.45, 7) is 15.0. The van der Waals surface area contributed by atoms with E-state index < -0.39 is 11.1 Å². The first-order valence-corrected chi connectivity index (χ1v) is 13.0. The first-order chi connectivity index (χ1) is 14.5. The topological polar surface area (TPSA) is 40.1 Å². The van der Waals surface area contributed by atoms with E-state index in [1.54, 1.807) is 18.2 Å². The Labute approximate surface area is 187 Å². The molecule has 4 heteroatoms. The molecule has 0 saturated heterocycles. The van der Waals surface area contributed by atoms with E-state index in [1.807, 2.05) is 24.3 Å². The number of benzene rings is 2. The van der Waals surface area contributed by atoms with E-state index in [4.69, 9.17) is 0 Å². The van der Waals surface area contributed by atoms with Gasteiger partial charge in [0.25, 0.3) is 0 Å². The molecule has 2 aromatic carbocycles. The van der Waals surface area contributed by atoms with E-state index in [2.05, 4.69) is 27.7 Å². The molecule has 170 valence electrons. The number of fused-ring (bicyclic) bond motifs is 1. The molecule has 1 atom stereocenters. The van der Waals surface area contributed by atoms with Crippen LogP contribution in [0.15, 0.2) is 47.4 Å². The van der Waals surface area contributed by atoms with E-state index in [9.17, 15) is 8.76 Å². The Balaban J connectivity index is 0.000000308. The molecule has 0 aliphatic heterocycles. The summed E-state index contributed by atoms with van der Waals surface area (Å²) in [5.41, 5.74) is 0. The number of unbranched alkanes of at least 4 members (excludes halogenated alkanes) is 4. The molecule has 2 rings (SSSR count). The number of nitrogens with zero attached hydrogens (tertiary/aromatic N) is 1. The van der Waals surface area contributed by atoms with Gasteiger partial charge in [-0.2, -0.15) is 0 Å². The van der Waals surface area contributed by atoms with Gasteiger partial charge in [0.15, 0.2) is 0 Å². The van der Waals surface area contributed by atoms with E-state index in [-0.39, 0.29) is 0 Å². The van der Waals surface area contributed by atoms with Crippen LogP contribution < -0.4 is 0 Å². The third-order valence-corrected chi connectivity index (χ3v) is 6.59. The highest BCUT2D eigenvalue weighted by Crippen LogP contribution is 2.20. The predicted octanol–water partition coefficient (Wildman–Crippen LogP) is 7.08. The second-order valence-corrected chi connectivity index (χ2v) is 9.27. The third-order valence-electron chi connectivity index (χ3n) is 5.87. The third kappa shape index (κ3) is 9.28. The number of quaternary nitrogens is 1. The van der Waals surface area contributed by atoms with Crippen LogP contribution in [0.4, 0.5) is 0 Å². The Bertz CT molecular complexity index is 689. The van der Waals surface area contributed by atoms with Crippen LogP contribution in [-0.2, 0) is 11.1 Å². The second-order valence-electron chi connectivity index (χ2n) is 8.36. The van der Waals surface area contributed by atoms with Gasteiger partial charge in [-0.15, -0.1) is 0 Å². The minimum Gasteiger partial charge on any atom is -0.768 e. The van der Waals surface area contributed by atoms with Crippen molar-refractivity contribution in [3.05, 3.63) is 42.5 Å². The number of hydrogen-bond acceptors (Lipinski definition) is 2. The highest BCUT2D eigenvalue weighted by molar-refractivity contribution is 7.79. The molecular formula is C26H43NO2S. The van der Waals surface area contributed by atoms with Crippen LogP contribution in [0.2, 0.25) is 0 Å². The van der Waals surface area contributed by atoms with Crippen molar-refractivity contribution in [1.82, 2.24) is 0 Å². The fourth-order valence-electron chi connectivity index (χ4n) is 3.99. The maximum Gasteiger partial charge on any atom is 0.0786 e. The molecule has 3 nitrogen and oxygen atoms in total. The van der Waals surface area contributed by atoms with Crippen molar-refractivity contribution in [2.45, 2.75) is 84.0 Å². The molecule has 30 heavy (non-hydrogen) atoms. The van der Waals surface area contributed by atoms with Crippen molar-refractivity contribution < 1.29 is 13.2 Å². The van der Waals surface area contributed by atoms with E-state index >= 15 is 0 Å². The zero-order valence-electron chi connectivity index (χ0n) is 19.7. The van der Waals surface area contributed by atoms with Gasteiger partial charge in [-0.3, -0.25) is 4.21 Å². The van der Waals surface area contributed by atoms with Crippen LogP contribution in [-0.4, -0.2) is 39.4 Å². The van der Waals surface area contributed by atoms with Crippen molar-refractivity contribution in [3.63, 3.8) is 0 Å². The van der Waals surface area contributed by atoms with Crippen LogP contribution in [0.25, 0.3) is 10.8 Å². The van der Waals surface area contributed by atoms with Crippen molar-refractivity contribution >= 4 is 21.9 Å². The van der Waals surface area contributed by atoms with Gasteiger partial charge in [0, 0.05) is 4.90 Å². The molecule has 0 heterocycles. The van der Waals surface area contributed by atoms with Crippen LogP contribution >= 0.6 is 0 Å². The summed E-state index contributed by atoms with van der Waals surface area (Å²) < 4.78 is 23.0. The summed E-state index contributed by atoms with van der Waals surface area (Å²) in [4.78, 5) is 0.359. The zero-order chi connectivity index (χ0) is 22.2. The first kappa shape index (κ1) is 26.8. The molecule has 2 aromatic rings. The Morgan fingerprint density at radius 3 is 1.57 bits per heavy atom. The summed E-state index contributed by atoms with van der Waals surface area (Å²) in [5.74, 6) is 0. The molecule has 1 unspecified atom stereocenters. The minimum absolute atomic E-state index is 0.359. The van der Waals surface area contributed by atoms with Gasteiger partial charge in [-0.1, -0.05) is 89.8 Å². The second kappa shape index (κ2) is 15.6. The molecule has 0 aromatic heterocycles. The Hall–Kier alpha value is -1.23. The normalized spacial score (nSPS) is 12.4. The van der Waals surface area contributed by atoms with Crippen LogP contribution in [0.3, 0.4) is 0 Å². The largest absolute Gasteiger partial charge is 0.768 e. The van der Waals surface area contributed by atoms with Gasteiger partial charge in [-0.05, 0) is 53.6 Å². The lowest BCUT2D eigenvalue weighted by atomic mass is 10.1. The lowest BCUT2D eigenvalue weighted by Gasteiger charge is -2.39. The van der Waals surface area contributed by atoms with Gasteiger partial charge >= 0.3 is 0 Å². The van der Waals surface area contributed by atoms with Gasteiger partial charge in [0.2, 0.25) is 0 Å². The smallest absolute Gasteiger partial charge is 0.0786 e. The highest BCUT2D eigenvalue weighted by Gasteiger charge is 2.24. The van der Waals surface area contributed by atoms with Crippen LogP contribution in [0, 0.1) is 0 Å². The Kier molecular flexibility index (Phi) is 13.9. The zero-order valence-corrected chi connectivity index (χ0v) is 20.5. The quantitative estimate of drug-likeness (QED) is 0.250. The van der Waals surface area contributed by atoms with E-state index in [0.29, 0.717) is 4.90 Å². The van der Waals surface area contributed by atoms with E-state index in [0.717, 1.165) is 10.8 Å². The summed E-state index contributed by atoms with van der Waals surface area (Å²) in [7, 11) is 0. The molecule has 0 aliphatic rings. The highest BCUT2D eigenvalue weighted by atomic mass is 32.2. The molecule has 0 radical (unpaired) electrons. The number of hydrogen-bond donors (Lipinski definition) is 0. The SMILES string of the molecule is CCCC[N+](CCCC)(CCCC)CCCC.O=S([O-])c1cccc2ccccc12. The lowest BCUT2D eigenvalue weighted by molar-refractivity contribution is -0.929. The molecule has 0 bridgehead atoms. The minimum atomic E-state index is -2.15. The molecule has 0 aliphatic carbocycles. The van der Waals surface area contributed by atoms with Gasteiger partial charge in [0.1, 0.15) is 0 Å². The Morgan fingerprint density at radius 2 is 1.13 bits per heavy atom. The average molecular weight is 434 g/mol. The standard InChI is InChI=1S/C16H36N.C10H8O2S/c1-5-9-13-17(14-10-6-2,15-11-7-3)16-12-8-4;11-13(12)10-7-3-5-8-4-1-2-6-9(8)10/h5-16H2,1-4H3;1-7H,(H,11,12)/q+1;/p-1. The molecule has 0 N–H and O–H groups in total. The van der Waals surface area contributed by atoms with Gasteiger partial charge in [-0.25, -0.2) is 0 Å². The summed E-state index contributed by atoms with van der Waals surface area (Å²) >= 11 is -2.15. The van der Waals surface area contributed by atoms with Crippen molar-refractivity contribution in [2.75, 3.05) is 26.2 Å². The fourth-order valence-corrected chi connectivity index (χ4v) is 4.54. The van der Waals surface area contributed by atoms with E-state index in [1.165, 1.54) is 82.0 Å². The van der Waals surface area contributed by atoms with Crippen LogP contribution in [0.5, 0.6) is 0 Å². The van der Waals surface area contributed by atoms with Crippen molar-refractivity contribution in [3.8, 4) is 0 Å². The Morgan fingerprint density at radius 1 is 0.700 bits per heavy atom. The maximum absolute atomic E-state index is 10.8. The molecule has 0 spiro atoms. The molecule has 0 saturated carbocycles. The summed E-state index contributed by atoms with van der Waals surface area (Å²) in [6, 6.07) is 12.7. The predicted molar refractivity (Wildman–Crippen MR) is 130 cm³/mol. The number of rotatable bonds is 13. The first-order valence-electron chi connectivity index (χ1n) is 12.0. The monoisotopic (exact) mass is 433 g/mol. The summed E-state index contributed by atoms with van der Waals surface area (Å²) in [6.07, 6.45) is 11.1. The van der Waals surface area contributed by atoms with Gasteiger partial charge in [0.05, 0.1) is 26.2 Å². The van der Waals surface area contributed by atoms with Crippen molar-refractivity contribution in [1.29, 1.82) is 0 Å². The maximum atomic E-state index is 10.8. The van der Waals surface area contributed by atoms with Crippen LogP contribution in [0.1, 0.15) is 79.1 Å². The lowest BCUT2D eigenvalue weighted by Crippen LogP contribution is -2.50. The average Bonchev–Trinajstić information content (AvgIpc) is 2.78.